The monoisotopic (exact) mass is 531 g/mol. The second-order valence-corrected chi connectivity index (χ2v) is 11.5. The molecule has 0 aliphatic heterocycles. The number of rotatable bonds is 30. The number of unbranched alkanes of at least 4 members (excludes halogenated alkanes) is 24. The Kier molecular flexibility index (Phi) is 34.9. The van der Waals surface area contributed by atoms with E-state index >= 15 is 0 Å². The van der Waals surface area contributed by atoms with Gasteiger partial charge in [0.25, 0.3) is 0 Å². The summed E-state index contributed by atoms with van der Waals surface area (Å²) in [6.07, 6.45) is 35.1. The van der Waals surface area contributed by atoms with E-state index < -0.39 is 12.0 Å². The molecule has 0 spiro atoms. The summed E-state index contributed by atoms with van der Waals surface area (Å²) in [7, 11) is 0. The van der Waals surface area contributed by atoms with Gasteiger partial charge in [-0.2, -0.15) is 0 Å². The molecule has 0 rings (SSSR count). The van der Waals surface area contributed by atoms with E-state index in [1.807, 2.05) is 0 Å². The number of nitrogens with zero attached hydrogens (tertiary/aromatic N) is 1. The molecule has 0 N–H and O–H groups in total. The number of hydrogen-bond acceptors (Lipinski definition) is 3. The van der Waals surface area contributed by atoms with Crippen LogP contribution < -0.4 is 34.7 Å². The molecule has 0 fully saturated rings. The molecule has 1 atom stereocenters. The third-order valence-electron chi connectivity index (χ3n) is 7.99. The molecule has 0 amide bonds. The van der Waals surface area contributed by atoms with Gasteiger partial charge in [-0.3, -0.25) is 4.90 Å². The summed E-state index contributed by atoms with van der Waals surface area (Å²) < 4.78 is 0. The average Bonchev–Trinajstić information content (AvgIpc) is 2.87. The van der Waals surface area contributed by atoms with Gasteiger partial charge in [-0.15, -0.1) is 0 Å². The van der Waals surface area contributed by atoms with E-state index in [2.05, 4.69) is 18.7 Å². The summed E-state index contributed by atoms with van der Waals surface area (Å²) in [6, 6.07) is -0.459. The van der Waals surface area contributed by atoms with Gasteiger partial charge in [0.2, 0.25) is 0 Å². The SMILES string of the molecule is CCCCCCCCCCCCCCCN(CCCCCCCCCCCCCCC)C(C)C(=O)[O-].[Na+]. The Hall–Kier alpha value is 0.430. The fourth-order valence-electron chi connectivity index (χ4n) is 5.31. The van der Waals surface area contributed by atoms with Gasteiger partial charge in [0.05, 0.1) is 5.97 Å². The van der Waals surface area contributed by atoms with E-state index in [9.17, 15) is 9.90 Å². The van der Waals surface area contributed by atoms with Crippen LogP contribution in [0.2, 0.25) is 0 Å². The Morgan fingerprint density at radius 1 is 0.486 bits per heavy atom. The molecule has 0 aromatic heterocycles. The quantitative estimate of drug-likeness (QED) is 0.0773. The van der Waals surface area contributed by atoms with Gasteiger partial charge in [-0.25, -0.2) is 0 Å². The van der Waals surface area contributed by atoms with Crippen molar-refractivity contribution in [1.29, 1.82) is 0 Å². The number of carbonyl (C=O) groups excluding carboxylic acids is 1. The normalized spacial score (nSPS) is 12.1. The molecule has 37 heavy (non-hydrogen) atoms. The van der Waals surface area contributed by atoms with Crippen molar-refractivity contribution in [3.05, 3.63) is 0 Å². The summed E-state index contributed by atoms with van der Waals surface area (Å²) >= 11 is 0. The molecule has 0 aromatic carbocycles. The zero-order valence-corrected chi connectivity index (χ0v) is 28.1. The fourth-order valence-corrected chi connectivity index (χ4v) is 5.31. The van der Waals surface area contributed by atoms with Gasteiger partial charge >= 0.3 is 29.6 Å². The van der Waals surface area contributed by atoms with E-state index in [1.165, 1.54) is 154 Å². The van der Waals surface area contributed by atoms with Crippen LogP contribution in [0, 0.1) is 0 Å². The Morgan fingerprint density at radius 2 is 0.703 bits per heavy atom. The van der Waals surface area contributed by atoms with E-state index in [0.29, 0.717) is 0 Å². The fraction of sp³-hybridized carbons (Fsp3) is 0.970. The Balaban J connectivity index is 0. The average molecular weight is 532 g/mol. The second kappa shape index (κ2) is 32.6. The molecule has 0 aromatic rings. The van der Waals surface area contributed by atoms with E-state index in [0.717, 1.165) is 25.9 Å². The Morgan fingerprint density at radius 3 is 0.919 bits per heavy atom. The van der Waals surface area contributed by atoms with Gasteiger partial charge in [0.1, 0.15) is 0 Å². The van der Waals surface area contributed by atoms with Gasteiger partial charge < -0.3 is 9.90 Å². The summed E-state index contributed by atoms with van der Waals surface area (Å²) in [6.45, 7) is 8.18. The number of hydrogen-bond donors (Lipinski definition) is 0. The second-order valence-electron chi connectivity index (χ2n) is 11.5. The topological polar surface area (TPSA) is 43.4 Å². The summed E-state index contributed by atoms with van der Waals surface area (Å²) in [5, 5.41) is 11.5. The van der Waals surface area contributed by atoms with Crippen molar-refractivity contribution in [2.24, 2.45) is 0 Å². The molecule has 4 heteroatoms. The molecule has 216 valence electrons. The summed E-state index contributed by atoms with van der Waals surface area (Å²) in [4.78, 5) is 13.6. The van der Waals surface area contributed by atoms with Crippen LogP contribution in [0.25, 0.3) is 0 Å². The van der Waals surface area contributed by atoms with E-state index in [4.69, 9.17) is 0 Å². The van der Waals surface area contributed by atoms with Crippen LogP contribution in [0.1, 0.15) is 188 Å². The molecule has 3 nitrogen and oxygen atoms in total. The predicted octanol–water partition coefficient (Wildman–Crippen LogP) is 6.61. The first-order valence-corrected chi connectivity index (χ1v) is 16.6. The van der Waals surface area contributed by atoms with E-state index in [1.54, 1.807) is 6.92 Å². The zero-order chi connectivity index (χ0) is 26.5. The first-order valence-electron chi connectivity index (χ1n) is 16.6. The van der Waals surface area contributed by atoms with Crippen LogP contribution in [0.15, 0.2) is 0 Å². The molecule has 0 heterocycles. The first-order chi connectivity index (χ1) is 17.6. The van der Waals surface area contributed by atoms with E-state index in [-0.39, 0.29) is 29.6 Å². The molecule has 0 aliphatic carbocycles. The minimum absolute atomic E-state index is 0. The van der Waals surface area contributed by atoms with Crippen LogP contribution in [-0.2, 0) is 4.79 Å². The van der Waals surface area contributed by atoms with Crippen molar-refractivity contribution in [2.45, 2.75) is 194 Å². The van der Waals surface area contributed by atoms with Crippen LogP contribution >= 0.6 is 0 Å². The maximum Gasteiger partial charge on any atom is 1.00 e. The minimum Gasteiger partial charge on any atom is -0.548 e. The van der Waals surface area contributed by atoms with Crippen molar-refractivity contribution >= 4 is 5.97 Å². The van der Waals surface area contributed by atoms with Crippen molar-refractivity contribution < 1.29 is 39.5 Å². The minimum atomic E-state index is -0.917. The molecule has 0 saturated heterocycles. The number of carbonyl (C=O) groups is 1. The predicted molar refractivity (Wildman–Crippen MR) is 157 cm³/mol. The maximum atomic E-state index is 11.5. The van der Waals surface area contributed by atoms with Crippen molar-refractivity contribution in [3.63, 3.8) is 0 Å². The van der Waals surface area contributed by atoms with Crippen LogP contribution in [0.5, 0.6) is 0 Å². The molecule has 0 aliphatic rings. The third-order valence-corrected chi connectivity index (χ3v) is 7.99. The van der Waals surface area contributed by atoms with Crippen molar-refractivity contribution in [2.75, 3.05) is 13.1 Å². The van der Waals surface area contributed by atoms with Gasteiger partial charge in [-0.05, 0) is 32.9 Å². The Bertz CT molecular complexity index is 416. The largest absolute Gasteiger partial charge is 1.00 e. The molecule has 0 saturated carbocycles. The summed E-state index contributed by atoms with van der Waals surface area (Å²) in [5.74, 6) is -0.917. The first kappa shape index (κ1) is 39.6. The van der Waals surface area contributed by atoms with Crippen molar-refractivity contribution in [1.82, 2.24) is 4.90 Å². The van der Waals surface area contributed by atoms with Gasteiger partial charge in [0.15, 0.2) is 0 Å². The summed E-state index contributed by atoms with van der Waals surface area (Å²) in [5.41, 5.74) is 0. The standard InChI is InChI=1S/C33H67NO2.Na/c1-4-6-8-10-12-14-16-18-20-22-24-26-28-30-34(32(3)33(35)36)31-29-27-25-23-21-19-17-15-13-11-9-7-5-2;/h32H,4-31H2,1-3H3,(H,35,36);/q;+1/p-1. The third kappa shape index (κ3) is 29.2. The number of carboxylic acids is 1. The van der Waals surface area contributed by atoms with Gasteiger partial charge in [-0.1, -0.05) is 168 Å². The molecule has 0 radical (unpaired) electrons. The smallest absolute Gasteiger partial charge is 0.548 e. The maximum absolute atomic E-state index is 11.5. The molecular formula is C33H66NNaO2. The van der Waals surface area contributed by atoms with Crippen LogP contribution in [0.3, 0.4) is 0 Å². The number of aliphatic carboxylic acids is 1. The van der Waals surface area contributed by atoms with Crippen molar-refractivity contribution in [3.8, 4) is 0 Å². The van der Waals surface area contributed by atoms with Gasteiger partial charge in [0, 0.05) is 6.04 Å². The van der Waals surface area contributed by atoms with Crippen LogP contribution in [-0.4, -0.2) is 30.0 Å². The molecule has 0 bridgehead atoms. The van der Waals surface area contributed by atoms with Crippen LogP contribution in [0.4, 0.5) is 0 Å². The molecule has 1 unspecified atom stereocenters. The molecular weight excluding hydrogens is 465 g/mol. The zero-order valence-electron chi connectivity index (χ0n) is 26.1. The number of carboxylic acid groups (broad SMARTS) is 1. The Labute approximate surface area is 256 Å².